The van der Waals surface area contributed by atoms with Gasteiger partial charge in [-0.15, -0.1) is 0 Å². The lowest BCUT2D eigenvalue weighted by Gasteiger charge is -2.36. The van der Waals surface area contributed by atoms with Gasteiger partial charge in [0, 0.05) is 41.7 Å². The number of rotatable bonds is 3. The van der Waals surface area contributed by atoms with Crippen LogP contribution in [0.2, 0.25) is 0 Å². The maximum atomic E-state index is 14.0. The maximum absolute atomic E-state index is 14.0. The number of benzene rings is 2. The lowest BCUT2D eigenvalue weighted by atomic mass is 9.94. The highest BCUT2D eigenvalue weighted by Gasteiger charge is 2.36. The van der Waals surface area contributed by atoms with Crippen LogP contribution in [0.15, 0.2) is 91.4 Å². The highest BCUT2D eigenvalue weighted by atomic mass is 16.2. The summed E-state index contributed by atoms with van der Waals surface area (Å²) in [5.41, 5.74) is 5.64. The van der Waals surface area contributed by atoms with Gasteiger partial charge >= 0.3 is 0 Å². The lowest BCUT2D eigenvalue weighted by Crippen LogP contribution is -2.41. The molecule has 1 aliphatic heterocycles. The van der Waals surface area contributed by atoms with Gasteiger partial charge < -0.3 is 9.88 Å². The Labute approximate surface area is 185 Å². The van der Waals surface area contributed by atoms with E-state index in [1.165, 1.54) is 10.9 Å². The Morgan fingerprint density at radius 1 is 0.938 bits per heavy atom. The van der Waals surface area contributed by atoms with Gasteiger partial charge in [-0.1, -0.05) is 36.4 Å². The number of hydrogen-bond donors (Lipinski definition) is 1. The molecule has 5 aromatic rings. The third kappa shape index (κ3) is 2.92. The molecular weight excluding hydrogens is 398 g/mol. The van der Waals surface area contributed by atoms with E-state index in [4.69, 9.17) is 0 Å². The van der Waals surface area contributed by atoms with Gasteiger partial charge in [-0.3, -0.25) is 9.78 Å². The molecule has 0 radical (unpaired) electrons. The van der Waals surface area contributed by atoms with Crippen LogP contribution in [0, 0.1) is 0 Å². The second-order valence-corrected chi connectivity index (χ2v) is 7.94. The van der Waals surface area contributed by atoms with Crippen LogP contribution < -0.4 is 0 Å². The number of aromatic amines is 1. The summed E-state index contributed by atoms with van der Waals surface area (Å²) in [5.74, 6) is -0.0314. The third-order valence-electron chi connectivity index (χ3n) is 6.15. The maximum Gasteiger partial charge on any atom is 0.256 e. The first-order valence-electron chi connectivity index (χ1n) is 10.7. The minimum Gasteiger partial charge on any atom is -0.356 e. The molecule has 6 rings (SSSR count). The van der Waals surface area contributed by atoms with Crippen molar-refractivity contribution in [2.75, 3.05) is 6.54 Å². The fourth-order valence-electron chi connectivity index (χ4n) is 4.73. The van der Waals surface area contributed by atoms with E-state index >= 15 is 0 Å². The quantitative estimate of drug-likeness (QED) is 0.467. The number of nitrogens with one attached hydrogen (secondary N) is 1. The van der Waals surface area contributed by atoms with E-state index in [0.717, 1.165) is 29.0 Å². The number of para-hydroxylation sites is 2. The Bertz CT molecular complexity index is 1400. The summed E-state index contributed by atoms with van der Waals surface area (Å²) in [6, 6.07) is 23.4. The monoisotopic (exact) mass is 419 g/mol. The Kier molecular flexibility index (Phi) is 4.35. The summed E-state index contributed by atoms with van der Waals surface area (Å²) >= 11 is 0. The zero-order chi connectivity index (χ0) is 21.5. The van der Waals surface area contributed by atoms with Crippen molar-refractivity contribution in [3.63, 3.8) is 0 Å². The normalized spacial score (nSPS) is 15.6. The van der Waals surface area contributed by atoms with Gasteiger partial charge in [-0.05, 0) is 48.4 Å². The van der Waals surface area contributed by atoms with Crippen molar-refractivity contribution in [3.05, 3.63) is 114 Å². The molecule has 4 heterocycles. The summed E-state index contributed by atoms with van der Waals surface area (Å²) in [6.45, 7) is 0.613. The van der Waals surface area contributed by atoms with E-state index in [1.54, 1.807) is 17.1 Å². The molecule has 0 saturated heterocycles. The third-order valence-corrected chi connectivity index (χ3v) is 6.15. The van der Waals surface area contributed by atoms with Gasteiger partial charge in [0.25, 0.3) is 5.91 Å². The lowest BCUT2D eigenvalue weighted by molar-refractivity contribution is 0.0688. The number of fused-ring (bicyclic) bond motifs is 3. The van der Waals surface area contributed by atoms with Crippen LogP contribution in [0.3, 0.4) is 0 Å². The number of aromatic nitrogens is 4. The van der Waals surface area contributed by atoms with Crippen molar-refractivity contribution in [1.29, 1.82) is 0 Å². The summed E-state index contributed by atoms with van der Waals surface area (Å²) in [4.78, 5) is 24.1. The zero-order valence-corrected chi connectivity index (χ0v) is 17.3. The molecule has 0 unspecified atom stereocenters. The van der Waals surface area contributed by atoms with Crippen molar-refractivity contribution < 1.29 is 4.79 Å². The minimum absolute atomic E-state index is 0.0314. The Morgan fingerprint density at radius 2 is 1.78 bits per heavy atom. The number of carbonyl (C=O) groups is 1. The second-order valence-electron chi connectivity index (χ2n) is 7.94. The van der Waals surface area contributed by atoms with Crippen LogP contribution in [-0.4, -0.2) is 37.1 Å². The number of hydrogen-bond acceptors (Lipinski definition) is 3. The van der Waals surface area contributed by atoms with E-state index in [9.17, 15) is 4.79 Å². The van der Waals surface area contributed by atoms with Crippen molar-refractivity contribution in [3.8, 4) is 5.69 Å². The van der Waals surface area contributed by atoms with E-state index in [-0.39, 0.29) is 11.9 Å². The first kappa shape index (κ1) is 18.6. The zero-order valence-electron chi connectivity index (χ0n) is 17.3. The van der Waals surface area contributed by atoms with Crippen LogP contribution in [0.5, 0.6) is 0 Å². The van der Waals surface area contributed by atoms with Gasteiger partial charge in [-0.2, -0.15) is 5.10 Å². The largest absolute Gasteiger partial charge is 0.356 e. The van der Waals surface area contributed by atoms with Gasteiger partial charge in [0.2, 0.25) is 0 Å². The predicted octanol–water partition coefficient (Wildman–Crippen LogP) is 4.54. The van der Waals surface area contributed by atoms with Crippen molar-refractivity contribution in [1.82, 2.24) is 24.6 Å². The average molecular weight is 419 g/mol. The predicted molar refractivity (Wildman–Crippen MR) is 123 cm³/mol. The molecule has 0 fully saturated rings. The first-order chi connectivity index (χ1) is 15.8. The summed E-state index contributed by atoms with van der Waals surface area (Å²) in [5, 5.41) is 5.56. The molecule has 1 amide bonds. The van der Waals surface area contributed by atoms with Gasteiger partial charge in [-0.25, -0.2) is 4.68 Å². The molecule has 3 aromatic heterocycles. The molecule has 6 nitrogen and oxygen atoms in total. The van der Waals surface area contributed by atoms with Gasteiger partial charge in [0.1, 0.15) is 6.04 Å². The fourth-order valence-corrected chi connectivity index (χ4v) is 4.73. The Morgan fingerprint density at radius 3 is 2.62 bits per heavy atom. The number of nitrogens with zero attached hydrogens (tertiary/aromatic N) is 4. The second kappa shape index (κ2) is 7.50. The molecule has 0 bridgehead atoms. The highest BCUT2D eigenvalue weighted by Crippen LogP contribution is 2.38. The van der Waals surface area contributed by atoms with Gasteiger partial charge in [0.05, 0.1) is 16.9 Å². The summed E-state index contributed by atoms with van der Waals surface area (Å²) in [7, 11) is 0. The molecule has 2 aromatic carbocycles. The first-order valence-corrected chi connectivity index (χ1v) is 10.7. The summed E-state index contributed by atoms with van der Waals surface area (Å²) in [6.07, 6.45) is 6.15. The molecule has 1 aliphatic rings. The van der Waals surface area contributed by atoms with E-state index < -0.39 is 0 Å². The molecule has 1 N–H and O–H groups in total. The topological polar surface area (TPSA) is 66.8 Å². The molecule has 6 heteroatoms. The molecule has 0 saturated carbocycles. The fraction of sp³-hybridized carbons (Fsp3) is 0.115. The number of carbonyl (C=O) groups excluding carboxylic acids is 1. The smallest absolute Gasteiger partial charge is 0.256 e. The van der Waals surface area contributed by atoms with Crippen molar-refractivity contribution in [2.45, 2.75) is 12.5 Å². The van der Waals surface area contributed by atoms with E-state index in [1.807, 2.05) is 65.7 Å². The van der Waals surface area contributed by atoms with E-state index in [2.05, 4.69) is 33.3 Å². The van der Waals surface area contributed by atoms with Crippen LogP contribution >= 0.6 is 0 Å². The standard InChI is InChI=1S/C26H21N5O/c32-26(20-9-2-4-12-23(20)31-16-7-15-28-31)30-17-13-19-18-8-1-3-10-21(18)29-24(19)25(30)22-11-5-6-14-27-22/h1-12,14-16,25,29H,13,17H2/t25-/m1/s1. The molecule has 32 heavy (non-hydrogen) atoms. The van der Waals surface area contributed by atoms with Crippen LogP contribution in [0.1, 0.15) is 33.4 Å². The Hall–Kier alpha value is -4.19. The number of pyridine rings is 1. The molecule has 0 spiro atoms. The number of H-pyrrole nitrogens is 1. The highest BCUT2D eigenvalue weighted by molar-refractivity contribution is 5.98. The molecule has 0 aliphatic carbocycles. The SMILES string of the molecule is O=C(c1ccccc1-n1cccn1)N1CCc2c([nH]c3ccccc23)[C@H]1c1ccccn1. The molecular formula is C26H21N5O. The Balaban J connectivity index is 1.50. The number of amides is 1. The molecule has 156 valence electrons. The van der Waals surface area contributed by atoms with E-state index in [0.29, 0.717) is 12.1 Å². The van der Waals surface area contributed by atoms with Crippen molar-refractivity contribution in [2.24, 2.45) is 0 Å². The van der Waals surface area contributed by atoms with Crippen LogP contribution in [0.25, 0.3) is 16.6 Å². The average Bonchev–Trinajstić information content (AvgIpc) is 3.52. The van der Waals surface area contributed by atoms with Crippen molar-refractivity contribution >= 4 is 16.8 Å². The molecule has 1 atom stereocenters. The van der Waals surface area contributed by atoms with Crippen LogP contribution in [0.4, 0.5) is 0 Å². The van der Waals surface area contributed by atoms with Gasteiger partial charge in [0.15, 0.2) is 0 Å². The minimum atomic E-state index is -0.287. The van der Waals surface area contributed by atoms with Crippen LogP contribution in [-0.2, 0) is 6.42 Å². The summed E-state index contributed by atoms with van der Waals surface area (Å²) < 4.78 is 1.74.